The van der Waals surface area contributed by atoms with Gasteiger partial charge in [0.25, 0.3) is 5.91 Å². The van der Waals surface area contributed by atoms with E-state index in [-0.39, 0.29) is 12.5 Å². The van der Waals surface area contributed by atoms with Crippen molar-refractivity contribution < 1.29 is 14.4 Å². The Morgan fingerprint density at radius 3 is 2.38 bits per heavy atom. The zero-order chi connectivity index (χ0) is 23.9. The molecule has 1 atom stereocenters. The second kappa shape index (κ2) is 8.48. The zero-order valence-electron chi connectivity index (χ0n) is 19.5. The highest BCUT2D eigenvalue weighted by Gasteiger charge is 2.49. The first-order chi connectivity index (χ1) is 16.3. The maximum atomic E-state index is 13.3. The molecule has 3 aromatic rings. The molecule has 174 valence electrons. The third kappa shape index (κ3) is 3.87. The number of carbonyl (C=O) groups excluding carboxylic acids is 3. The van der Waals surface area contributed by atoms with Crippen LogP contribution in [-0.2, 0) is 15.1 Å². The molecule has 7 heteroatoms. The van der Waals surface area contributed by atoms with Crippen LogP contribution in [0.2, 0.25) is 0 Å². The van der Waals surface area contributed by atoms with Gasteiger partial charge >= 0.3 is 6.03 Å². The Bertz CT molecular complexity index is 1280. The van der Waals surface area contributed by atoms with Gasteiger partial charge in [0.2, 0.25) is 5.91 Å². The van der Waals surface area contributed by atoms with Gasteiger partial charge in [0.1, 0.15) is 12.1 Å². The SMILES string of the molecule is Cc1cccc(N2CCN(C(=O)CN3C(=O)NC(C)(c4ccc5ccccc5c4)C3=O)CC2)c1. The predicted molar refractivity (Wildman–Crippen MR) is 132 cm³/mol. The molecule has 4 amide bonds. The normalized spacial score (nSPS) is 20.7. The molecule has 1 N–H and O–H groups in total. The van der Waals surface area contributed by atoms with E-state index in [1.54, 1.807) is 11.8 Å². The fourth-order valence-corrected chi connectivity index (χ4v) is 4.81. The number of anilines is 1. The molecule has 0 aliphatic carbocycles. The van der Waals surface area contributed by atoms with Gasteiger partial charge in [-0.15, -0.1) is 0 Å². The van der Waals surface area contributed by atoms with Crippen LogP contribution in [0.15, 0.2) is 66.7 Å². The molecule has 0 aromatic heterocycles. The Morgan fingerprint density at radius 1 is 0.912 bits per heavy atom. The molecule has 5 rings (SSSR count). The van der Waals surface area contributed by atoms with Gasteiger partial charge in [0.05, 0.1) is 0 Å². The Kier molecular flexibility index (Phi) is 5.48. The summed E-state index contributed by atoms with van der Waals surface area (Å²) in [4.78, 5) is 44.1. The summed E-state index contributed by atoms with van der Waals surface area (Å²) in [7, 11) is 0. The van der Waals surface area contributed by atoms with Crippen molar-refractivity contribution in [3.8, 4) is 0 Å². The first-order valence-electron chi connectivity index (χ1n) is 11.6. The monoisotopic (exact) mass is 456 g/mol. The number of hydrogen-bond acceptors (Lipinski definition) is 4. The van der Waals surface area contributed by atoms with Crippen LogP contribution in [0.4, 0.5) is 10.5 Å². The van der Waals surface area contributed by atoms with Crippen molar-refractivity contribution in [2.75, 3.05) is 37.6 Å². The van der Waals surface area contributed by atoms with Crippen molar-refractivity contribution in [1.82, 2.24) is 15.1 Å². The van der Waals surface area contributed by atoms with Crippen LogP contribution in [0.5, 0.6) is 0 Å². The molecule has 1 unspecified atom stereocenters. The van der Waals surface area contributed by atoms with Crippen molar-refractivity contribution in [2.45, 2.75) is 19.4 Å². The third-order valence-electron chi connectivity index (χ3n) is 6.89. The van der Waals surface area contributed by atoms with Crippen LogP contribution in [0.3, 0.4) is 0 Å². The number of rotatable bonds is 4. The smallest absolute Gasteiger partial charge is 0.325 e. The maximum absolute atomic E-state index is 13.3. The van der Waals surface area contributed by atoms with Crippen LogP contribution in [0.1, 0.15) is 18.1 Å². The van der Waals surface area contributed by atoms with Crippen LogP contribution in [0, 0.1) is 6.92 Å². The lowest BCUT2D eigenvalue weighted by atomic mass is 9.90. The number of imide groups is 1. The minimum Gasteiger partial charge on any atom is -0.368 e. The molecule has 2 aliphatic rings. The fourth-order valence-electron chi connectivity index (χ4n) is 4.81. The number of aryl methyl sites for hydroxylation is 1. The summed E-state index contributed by atoms with van der Waals surface area (Å²) in [6, 6.07) is 21.4. The van der Waals surface area contributed by atoms with E-state index in [1.165, 1.54) is 5.56 Å². The first kappa shape index (κ1) is 21.9. The van der Waals surface area contributed by atoms with Gasteiger partial charge < -0.3 is 15.1 Å². The molecule has 7 nitrogen and oxygen atoms in total. The first-order valence-corrected chi connectivity index (χ1v) is 11.6. The summed E-state index contributed by atoms with van der Waals surface area (Å²) in [5, 5.41) is 4.86. The molecule has 0 saturated carbocycles. The summed E-state index contributed by atoms with van der Waals surface area (Å²) in [5.41, 5.74) is 1.84. The zero-order valence-corrected chi connectivity index (χ0v) is 19.5. The highest BCUT2D eigenvalue weighted by Crippen LogP contribution is 2.31. The van der Waals surface area contributed by atoms with E-state index in [4.69, 9.17) is 0 Å². The number of carbonyl (C=O) groups is 3. The Morgan fingerprint density at radius 2 is 1.65 bits per heavy atom. The number of nitrogens with zero attached hydrogens (tertiary/aromatic N) is 3. The largest absolute Gasteiger partial charge is 0.368 e. The number of piperazine rings is 1. The maximum Gasteiger partial charge on any atom is 0.325 e. The summed E-state index contributed by atoms with van der Waals surface area (Å²) < 4.78 is 0. The van der Waals surface area contributed by atoms with Gasteiger partial charge in [-0.2, -0.15) is 0 Å². The van der Waals surface area contributed by atoms with Crippen molar-refractivity contribution >= 4 is 34.3 Å². The third-order valence-corrected chi connectivity index (χ3v) is 6.89. The highest BCUT2D eigenvalue weighted by molar-refractivity contribution is 6.09. The standard InChI is InChI=1S/C27H28N4O3/c1-19-6-5-9-23(16-19)29-12-14-30(15-13-29)24(32)18-31-25(33)27(2,28-26(31)34)22-11-10-20-7-3-4-8-21(20)17-22/h3-11,16-17H,12-15,18H2,1-2H3,(H,28,34). The average molecular weight is 457 g/mol. The van der Waals surface area contributed by atoms with Crippen molar-refractivity contribution in [3.63, 3.8) is 0 Å². The number of amides is 4. The topological polar surface area (TPSA) is 73.0 Å². The molecular weight excluding hydrogens is 428 g/mol. The lowest BCUT2D eigenvalue weighted by molar-refractivity contribution is -0.139. The highest BCUT2D eigenvalue weighted by atomic mass is 16.2. The van der Waals surface area contributed by atoms with E-state index in [1.807, 2.05) is 48.5 Å². The van der Waals surface area contributed by atoms with Gasteiger partial charge in [-0.3, -0.25) is 14.5 Å². The molecule has 2 aliphatic heterocycles. The van der Waals surface area contributed by atoms with E-state index >= 15 is 0 Å². The Labute approximate surface area is 198 Å². The predicted octanol–water partition coefficient (Wildman–Crippen LogP) is 3.26. The van der Waals surface area contributed by atoms with Crippen LogP contribution < -0.4 is 10.2 Å². The molecule has 2 fully saturated rings. The Hall–Kier alpha value is -3.87. The number of fused-ring (bicyclic) bond motifs is 1. The second-order valence-electron chi connectivity index (χ2n) is 9.22. The minimum absolute atomic E-state index is 0.213. The lowest BCUT2D eigenvalue weighted by Crippen LogP contribution is -2.52. The quantitative estimate of drug-likeness (QED) is 0.612. The van der Waals surface area contributed by atoms with Crippen LogP contribution >= 0.6 is 0 Å². The number of nitrogens with one attached hydrogen (secondary N) is 1. The molecule has 2 heterocycles. The Balaban J connectivity index is 1.26. The second-order valence-corrected chi connectivity index (χ2v) is 9.22. The minimum atomic E-state index is -1.20. The molecule has 34 heavy (non-hydrogen) atoms. The molecular formula is C27H28N4O3. The molecule has 2 saturated heterocycles. The summed E-state index contributed by atoms with van der Waals surface area (Å²) in [5.74, 6) is -0.616. The number of benzene rings is 3. The van der Waals surface area contributed by atoms with Crippen LogP contribution in [-0.4, -0.2) is 60.4 Å². The summed E-state index contributed by atoms with van der Waals surface area (Å²) >= 11 is 0. The van der Waals surface area contributed by atoms with E-state index in [2.05, 4.69) is 35.3 Å². The molecule has 0 spiro atoms. The molecule has 0 radical (unpaired) electrons. The van der Waals surface area contributed by atoms with Gasteiger partial charge in [0, 0.05) is 31.9 Å². The van der Waals surface area contributed by atoms with Gasteiger partial charge in [-0.1, -0.05) is 48.5 Å². The molecule has 3 aromatic carbocycles. The summed E-state index contributed by atoms with van der Waals surface area (Å²) in [6.07, 6.45) is 0. The molecule has 0 bridgehead atoms. The van der Waals surface area contributed by atoms with Crippen molar-refractivity contribution in [3.05, 3.63) is 77.9 Å². The van der Waals surface area contributed by atoms with E-state index in [9.17, 15) is 14.4 Å². The average Bonchev–Trinajstić information content (AvgIpc) is 3.07. The van der Waals surface area contributed by atoms with Crippen molar-refractivity contribution in [1.29, 1.82) is 0 Å². The number of urea groups is 1. The van der Waals surface area contributed by atoms with Crippen LogP contribution in [0.25, 0.3) is 10.8 Å². The van der Waals surface area contributed by atoms with Gasteiger partial charge in [-0.05, 0) is 53.9 Å². The summed E-state index contributed by atoms with van der Waals surface area (Å²) in [6.45, 7) is 6.04. The van der Waals surface area contributed by atoms with Gasteiger partial charge in [0.15, 0.2) is 0 Å². The van der Waals surface area contributed by atoms with E-state index < -0.39 is 17.5 Å². The fraction of sp³-hybridized carbons (Fsp3) is 0.296. The van der Waals surface area contributed by atoms with Crippen molar-refractivity contribution in [2.24, 2.45) is 0 Å². The lowest BCUT2D eigenvalue weighted by Gasteiger charge is -2.36. The number of hydrogen-bond donors (Lipinski definition) is 1. The van der Waals surface area contributed by atoms with E-state index in [0.29, 0.717) is 31.7 Å². The van der Waals surface area contributed by atoms with E-state index in [0.717, 1.165) is 21.4 Å². The van der Waals surface area contributed by atoms with Gasteiger partial charge in [-0.25, -0.2) is 4.79 Å².